The van der Waals surface area contributed by atoms with E-state index in [0.717, 1.165) is 0 Å². The van der Waals surface area contributed by atoms with Crippen LogP contribution < -0.4 is 16.0 Å². The third-order valence-electron chi connectivity index (χ3n) is 3.11. The Bertz CT molecular complexity index is 660. The van der Waals surface area contributed by atoms with Crippen LogP contribution in [0.2, 0.25) is 5.02 Å². The van der Waals surface area contributed by atoms with Gasteiger partial charge in [-0.2, -0.15) is 0 Å². The topological polar surface area (TPSA) is 104 Å². The summed E-state index contributed by atoms with van der Waals surface area (Å²) in [5.74, 6) is -0.372. The molecule has 0 unspecified atom stereocenters. The molecule has 0 saturated carbocycles. The molecule has 1 aliphatic heterocycles. The first kappa shape index (κ1) is 16.6. The van der Waals surface area contributed by atoms with Gasteiger partial charge in [-0.05, 0) is 30.7 Å². The molecule has 2 rings (SSSR count). The number of nitrogens with one attached hydrogen (secondary N) is 3. The lowest BCUT2D eigenvalue weighted by Crippen LogP contribution is -2.45. The van der Waals surface area contributed by atoms with Crippen LogP contribution in [-0.4, -0.2) is 44.4 Å². The molecule has 0 bridgehead atoms. The molecule has 3 amide bonds. The number of hydrogen-bond donors (Lipinski definition) is 3. The Morgan fingerprint density at radius 1 is 1.23 bits per heavy atom. The third-order valence-corrected chi connectivity index (χ3v) is 5.13. The van der Waals surface area contributed by atoms with Gasteiger partial charge in [-0.25, -0.2) is 13.2 Å². The van der Waals surface area contributed by atoms with Crippen molar-refractivity contribution in [3.8, 4) is 0 Å². The lowest BCUT2D eigenvalue weighted by molar-refractivity contribution is -0.115. The van der Waals surface area contributed by atoms with Crippen LogP contribution in [-0.2, 0) is 14.6 Å². The van der Waals surface area contributed by atoms with Crippen LogP contribution in [0.25, 0.3) is 0 Å². The molecule has 22 heavy (non-hydrogen) atoms. The Morgan fingerprint density at radius 2 is 1.91 bits per heavy atom. The number of sulfone groups is 1. The number of halogens is 1. The van der Waals surface area contributed by atoms with E-state index in [1.54, 1.807) is 24.3 Å². The average Bonchev–Trinajstić information content (AvgIpc) is 2.78. The number of rotatable bonds is 4. The number of urea groups is 1. The second kappa shape index (κ2) is 6.97. The first-order chi connectivity index (χ1) is 10.3. The van der Waals surface area contributed by atoms with Crippen LogP contribution in [0.4, 0.5) is 10.5 Å². The van der Waals surface area contributed by atoms with Crippen LogP contribution in [0, 0.1) is 0 Å². The number of carbonyl (C=O) groups excluding carboxylic acids is 2. The molecular formula is C13H16ClN3O4S. The molecular weight excluding hydrogens is 330 g/mol. The fraction of sp³-hybridized carbons (Fsp3) is 0.385. The molecule has 1 aliphatic rings. The maximum atomic E-state index is 11.7. The highest BCUT2D eigenvalue weighted by Crippen LogP contribution is 2.13. The van der Waals surface area contributed by atoms with Gasteiger partial charge in [0.25, 0.3) is 0 Å². The van der Waals surface area contributed by atoms with Crippen LogP contribution in [0.15, 0.2) is 24.3 Å². The van der Waals surface area contributed by atoms with Gasteiger partial charge in [0.1, 0.15) is 0 Å². The van der Waals surface area contributed by atoms with E-state index in [2.05, 4.69) is 16.0 Å². The third kappa shape index (κ3) is 5.19. The number of carbonyl (C=O) groups is 2. The van der Waals surface area contributed by atoms with Crippen molar-refractivity contribution in [3.05, 3.63) is 29.3 Å². The van der Waals surface area contributed by atoms with E-state index in [-0.39, 0.29) is 18.1 Å². The maximum absolute atomic E-state index is 11.7. The second-order valence-corrected chi connectivity index (χ2v) is 7.65. The van der Waals surface area contributed by atoms with Crippen molar-refractivity contribution in [1.82, 2.24) is 10.6 Å². The van der Waals surface area contributed by atoms with Crippen molar-refractivity contribution in [2.75, 3.05) is 23.4 Å². The molecule has 1 heterocycles. The van der Waals surface area contributed by atoms with Crippen LogP contribution >= 0.6 is 11.6 Å². The van der Waals surface area contributed by atoms with Crippen molar-refractivity contribution in [2.45, 2.75) is 12.5 Å². The highest BCUT2D eigenvalue weighted by Gasteiger charge is 2.28. The van der Waals surface area contributed by atoms with Gasteiger partial charge in [0.2, 0.25) is 5.91 Å². The van der Waals surface area contributed by atoms with Crippen LogP contribution in [0.5, 0.6) is 0 Å². The Balaban J connectivity index is 1.72. The van der Waals surface area contributed by atoms with Crippen molar-refractivity contribution in [1.29, 1.82) is 0 Å². The standard InChI is InChI=1S/C13H16ClN3O4S/c14-9-1-3-10(4-2-9)16-12(18)7-15-13(19)17-11-5-6-22(20,21)8-11/h1-4,11H,5-8H2,(H,16,18)(H2,15,17,19)/t11-/m1/s1. The minimum absolute atomic E-state index is 0.0581. The normalized spacial score (nSPS) is 19.4. The Morgan fingerprint density at radius 3 is 2.50 bits per heavy atom. The molecule has 9 heteroatoms. The van der Waals surface area contributed by atoms with E-state index in [9.17, 15) is 18.0 Å². The van der Waals surface area contributed by atoms with Crippen molar-refractivity contribution in [3.63, 3.8) is 0 Å². The number of amides is 3. The van der Waals surface area contributed by atoms with Crippen molar-refractivity contribution < 1.29 is 18.0 Å². The van der Waals surface area contributed by atoms with Crippen molar-refractivity contribution >= 4 is 39.1 Å². The summed E-state index contributed by atoms with van der Waals surface area (Å²) in [6, 6.07) is 5.60. The molecule has 7 nitrogen and oxygen atoms in total. The highest BCUT2D eigenvalue weighted by atomic mass is 35.5. The Labute approximate surface area is 133 Å². The van der Waals surface area contributed by atoms with Crippen LogP contribution in [0.1, 0.15) is 6.42 Å². The zero-order valence-electron chi connectivity index (χ0n) is 11.6. The lowest BCUT2D eigenvalue weighted by Gasteiger charge is -2.12. The van der Waals surface area contributed by atoms with E-state index in [0.29, 0.717) is 17.1 Å². The van der Waals surface area contributed by atoms with Gasteiger partial charge >= 0.3 is 6.03 Å². The predicted molar refractivity (Wildman–Crippen MR) is 83.7 cm³/mol. The van der Waals surface area contributed by atoms with Crippen LogP contribution in [0.3, 0.4) is 0 Å². The molecule has 1 saturated heterocycles. The van der Waals surface area contributed by atoms with Gasteiger partial charge in [0, 0.05) is 16.8 Å². The first-order valence-electron chi connectivity index (χ1n) is 6.64. The lowest BCUT2D eigenvalue weighted by atomic mass is 10.3. The number of anilines is 1. The van der Waals surface area contributed by atoms with Gasteiger partial charge in [0.05, 0.1) is 18.1 Å². The van der Waals surface area contributed by atoms with E-state index in [4.69, 9.17) is 11.6 Å². The van der Waals surface area contributed by atoms with Crippen molar-refractivity contribution in [2.24, 2.45) is 0 Å². The Kier molecular flexibility index (Phi) is 5.25. The summed E-state index contributed by atoms with van der Waals surface area (Å²) in [6.45, 7) is -0.214. The van der Waals surface area contributed by atoms with E-state index >= 15 is 0 Å². The summed E-state index contributed by atoms with van der Waals surface area (Å²) >= 11 is 5.73. The summed E-state index contributed by atoms with van der Waals surface area (Å²) in [5.41, 5.74) is 0.568. The van der Waals surface area contributed by atoms with E-state index in [1.165, 1.54) is 0 Å². The largest absolute Gasteiger partial charge is 0.334 e. The summed E-state index contributed by atoms with van der Waals surface area (Å²) in [6.07, 6.45) is 0.396. The minimum Gasteiger partial charge on any atom is -0.334 e. The number of hydrogen-bond acceptors (Lipinski definition) is 4. The van der Waals surface area contributed by atoms with E-state index in [1.807, 2.05) is 0 Å². The SMILES string of the molecule is O=C(CNC(=O)N[C@@H]1CCS(=O)(=O)C1)Nc1ccc(Cl)cc1. The summed E-state index contributed by atoms with van der Waals surface area (Å²) in [7, 11) is -3.05. The summed E-state index contributed by atoms with van der Waals surface area (Å²) < 4.78 is 22.5. The van der Waals surface area contributed by atoms with Gasteiger partial charge in [-0.1, -0.05) is 11.6 Å². The molecule has 120 valence electrons. The number of benzene rings is 1. The molecule has 1 aromatic rings. The van der Waals surface area contributed by atoms with Gasteiger partial charge < -0.3 is 16.0 Å². The van der Waals surface area contributed by atoms with Gasteiger partial charge in [-0.3, -0.25) is 4.79 Å². The zero-order chi connectivity index (χ0) is 16.2. The maximum Gasteiger partial charge on any atom is 0.315 e. The van der Waals surface area contributed by atoms with E-state index < -0.39 is 27.8 Å². The molecule has 1 atom stereocenters. The summed E-state index contributed by atoms with van der Waals surface area (Å²) in [4.78, 5) is 23.3. The fourth-order valence-electron chi connectivity index (χ4n) is 2.04. The molecule has 0 aliphatic carbocycles. The molecule has 1 fully saturated rings. The smallest absolute Gasteiger partial charge is 0.315 e. The molecule has 3 N–H and O–H groups in total. The first-order valence-corrected chi connectivity index (χ1v) is 8.84. The fourth-order valence-corrected chi connectivity index (χ4v) is 3.84. The second-order valence-electron chi connectivity index (χ2n) is 4.98. The Hall–Kier alpha value is -1.80. The molecule has 0 spiro atoms. The minimum atomic E-state index is -3.05. The monoisotopic (exact) mass is 345 g/mol. The molecule has 0 radical (unpaired) electrons. The van der Waals surface area contributed by atoms with Gasteiger partial charge in [0.15, 0.2) is 9.84 Å². The quantitative estimate of drug-likeness (QED) is 0.749. The molecule has 0 aromatic heterocycles. The predicted octanol–water partition coefficient (Wildman–Crippen LogP) is 0.765. The zero-order valence-corrected chi connectivity index (χ0v) is 13.2. The van der Waals surface area contributed by atoms with Gasteiger partial charge in [-0.15, -0.1) is 0 Å². The highest BCUT2D eigenvalue weighted by molar-refractivity contribution is 7.91. The average molecular weight is 346 g/mol. The summed E-state index contributed by atoms with van der Waals surface area (Å²) in [5, 5.41) is 8.07. The molecule has 1 aromatic carbocycles.